The monoisotopic (exact) mass is 246 g/mol. The summed E-state index contributed by atoms with van der Waals surface area (Å²) in [6.07, 6.45) is 0. The summed E-state index contributed by atoms with van der Waals surface area (Å²) in [6.45, 7) is 1.85. The summed E-state index contributed by atoms with van der Waals surface area (Å²) in [6, 6.07) is 11.9. The van der Waals surface area contributed by atoms with Gasteiger partial charge in [0.2, 0.25) is 0 Å². The highest BCUT2D eigenvalue weighted by Crippen LogP contribution is 2.24. The van der Waals surface area contributed by atoms with Crippen molar-refractivity contribution in [1.29, 1.82) is 0 Å². The van der Waals surface area contributed by atoms with Crippen LogP contribution in [0.5, 0.6) is 0 Å². The van der Waals surface area contributed by atoms with Crippen LogP contribution in [0.4, 0.5) is 0 Å². The van der Waals surface area contributed by atoms with Gasteiger partial charge in [-0.05, 0) is 35.4 Å². The largest absolute Gasteiger partial charge is 0.469 e. The Morgan fingerprint density at radius 2 is 1.82 bits per heavy atom. The van der Waals surface area contributed by atoms with Crippen molar-refractivity contribution in [2.45, 2.75) is 17.7 Å². The molecule has 2 aromatic carbocycles. The Kier molecular flexibility index (Phi) is 3.38. The molecule has 0 heterocycles. The number of hydrogen-bond acceptors (Lipinski definition) is 3. The molecule has 0 bridgehead atoms. The molecule has 0 radical (unpaired) electrons. The molecule has 2 aromatic rings. The summed E-state index contributed by atoms with van der Waals surface area (Å²) >= 11 is 4.30. The van der Waals surface area contributed by atoms with E-state index in [9.17, 15) is 4.79 Å². The van der Waals surface area contributed by atoms with Crippen LogP contribution in [-0.4, -0.2) is 13.1 Å². The zero-order valence-electron chi connectivity index (χ0n) is 9.81. The molecule has 0 saturated heterocycles. The van der Waals surface area contributed by atoms with Crippen molar-refractivity contribution in [3.63, 3.8) is 0 Å². The van der Waals surface area contributed by atoms with Crippen LogP contribution in [-0.2, 0) is 9.53 Å². The van der Waals surface area contributed by atoms with Gasteiger partial charge in [-0.2, -0.15) is 0 Å². The smallest absolute Gasteiger partial charge is 0.312 e. The van der Waals surface area contributed by atoms with Crippen LogP contribution in [0.1, 0.15) is 18.4 Å². The van der Waals surface area contributed by atoms with E-state index in [1.165, 1.54) is 7.11 Å². The number of carbonyl (C=O) groups excluding carboxylic acids is 1. The number of thiol groups is 1. The van der Waals surface area contributed by atoms with Gasteiger partial charge >= 0.3 is 5.97 Å². The van der Waals surface area contributed by atoms with E-state index in [4.69, 9.17) is 4.74 Å². The van der Waals surface area contributed by atoms with E-state index in [0.29, 0.717) is 0 Å². The first-order valence-corrected chi connectivity index (χ1v) is 5.87. The number of methoxy groups -OCH3 is 1. The third-order valence-corrected chi connectivity index (χ3v) is 3.18. The maximum atomic E-state index is 11.5. The predicted octanol–water partition coefficient (Wildman–Crippen LogP) is 3.41. The summed E-state index contributed by atoms with van der Waals surface area (Å²) < 4.78 is 4.75. The zero-order valence-corrected chi connectivity index (χ0v) is 10.7. The molecular weight excluding hydrogens is 232 g/mol. The minimum atomic E-state index is -0.236. The van der Waals surface area contributed by atoms with E-state index in [0.717, 1.165) is 21.2 Å². The third kappa shape index (κ3) is 2.44. The minimum absolute atomic E-state index is 0.213. The molecule has 2 rings (SSSR count). The highest BCUT2D eigenvalue weighted by Gasteiger charge is 2.15. The molecule has 1 atom stereocenters. The Hall–Kier alpha value is -1.48. The highest BCUT2D eigenvalue weighted by atomic mass is 32.1. The Balaban J connectivity index is 2.44. The summed E-state index contributed by atoms with van der Waals surface area (Å²) in [4.78, 5) is 12.4. The van der Waals surface area contributed by atoms with Gasteiger partial charge in [-0.25, -0.2) is 0 Å². The van der Waals surface area contributed by atoms with Crippen LogP contribution >= 0.6 is 12.6 Å². The van der Waals surface area contributed by atoms with Crippen molar-refractivity contribution in [1.82, 2.24) is 0 Å². The molecule has 17 heavy (non-hydrogen) atoms. The van der Waals surface area contributed by atoms with Crippen molar-refractivity contribution < 1.29 is 9.53 Å². The molecule has 3 heteroatoms. The molecule has 1 unspecified atom stereocenters. The zero-order chi connectivity index (χ0) is 12.4. The topological polar surface area (TPSA) is 26.3 Å². The van der Waals surface area contributed by atoms with Crippen molar-refractivity contribution in [2.75, 3.05) is 7.11 Å². The molecule has 88 valence electrons. The molecular formula is C14H14O2S. The molecule has 0 spiro atoms. The van der Waals surface area contributed by atoms with E-state index in [2.05, 4.69) is 12.6 Å². The first kappa shape index (κ1) is 12.0. The van der Waals surface area contributed by atoms with Gasteiger partial charge in [-0.15, -0.1) is 12.6 Å². The first-order valence-electron chi connectivity index (χ1n) is 5.42. The van der Waals surface area contributed by atoms with E-state index in [1.54, 1.807) is 0 Å². The SMILES string of the molecule is COC(=O)C(C)c1ccc2cc(S)ccc2c1. The van der Waals surface area contributed by atoms with E-state index < -0.39 is 0 Å². The summed E-state index contributed by atoms with van der Waals surface area (Å²) in [5, 5.41) is 2.23. The fourth-order valence-corrected chi connectivity index (χ4v) is 2.05. The second-order valence-corrected chi connectivity index (χ2v) is 4.55. The average molecular weight is 246 g/mol. The van der Waals surface area contributed by atoms with Gasteiger partial charge in [0.05, 0.1) is 13.0 Å². The molecule has 2 nitrogen and oxygen atoms in total. The molecule has 0 N–H and O–H groups in total. The van der Waals surface area contributed by atoms with Gasteiger partial charge in [0.25, 0.3) is 0 Å². The van der Waals surface area contributed by atoms with Gasteiger partial charge < -0.3 is 4.74 Å². The van der Waals surface area contributed by atoms with Crippen LogP contribution in [0.2, 0.25) is 0 Å². The third-order valence-electron chi connectivity index (χ3n) is 2.90. The van der Waals surface area contributed by atoms with Crippen LogP contribution in [0.25, 0.3) is 10.8 Å². The van der Waals surface area contributed by atoms with E-state index in [1.807, 2.05) is 43.3 Å². The number of rotatable bonds is 2. The molecule has 0 aromatic heterocycles. The van der Waals surface area contributed by atoms with Crippen LogP contribution in [0.3, 0.4) is 0 Å². The first-order chi connectivity index (χ1) is 8.11. The van der Waals surface area contributed by atoms with Crippen molar-refractivity contribution in [3.05, 3.63) is 42.0 Å². The van der Waals surface area contributed by atoms with Gasteiger partial charge in [0.1, 0.15) is 0 Å². The van der Waals surface area contributed by atoms with Crippen LogP contribution < -0.4 is 0 Å². The van der Waals surface area contributed by atoms with E-state index >= 15 is 0 Å². The van der Waals surface area contributed by atoms with Crippen molar-refractivity contribution in [2.24, 2.45) is 0 Å². The lowest BCUT2D eigenvalue weighted by Crippen LogP contribution is -2.10. The maximum Gasteiger partial charge on any atom is 0.312 e. The highest BCUT2D eigenvalue weighted by molar-refractivity contribution is 7.80. The standard InChI is InChI=1S/C14H14O2S/c1-9(14(15)16-2)10-3-4-12-8-13(17)6-5-11(12)7-10/h3-9,17H,1-2H3. The number of fused-ring (bicyclic) bond motifs is 1. The average Bonchev–Trinajstić information content (AvgIpc) is 2.36. The normalized spacial score (nSPS) is 12.4. The quantitative estimate of drug-likeness (QED) is 0.649. The second kappa shape index (κ2) is 4.80. The number of hydrogen-bond donors (Lipinski definition) is 1. The molecule has 0 aliphatic rings. The van der Waals surface area contributed by atoms with Gasteiger partial charge in [-0.3, -0.25) is 4.79 Å². The van der Waals surface area contributed by atoms with E-state index in [-0.39, 0.29) is 11.9 Å². The predicted molar refractivity (Wildman–Crippen MR) is 71.6 cm³/mol. The molecule has 0 aliphatic carbocycles. The molecule has 0 fully saturated rings. The number of esters is 1. The number of benzene rings is 2. The summed E-state index contributed by atoms with van der Waals surface area (Å²) in [5.74, 6) is -0.449. The molecule has 0 aliphatic heterocycles. The lowest BCUT2D eigenvalue weighted by atomic mass is 9.98. The van der Waals surface area contributed by atoms with Gasteiger partial charge in [0.15, 0.2) is 0 Å². The Labute approximate surface area is 106 Å². The maximum absolute atomic E-state index is 11.5. The van der Waals surface area contributed by atoms with Crippen LogP contribution in [0.15, 0.2) is 41.3 Å². The lowest BCUT2D eigenvalue weighted by Gasteiger charge is -2.10. The lowest BCUT2D eigenvalue weighted by molar-refractivity contribution is -0.141. The van der Waals surface area contributed by atoms with Gasteiger partial charge in [-0.1, -0.05) is 24.3 Å². The number of carbonyl (C=O) groups is 1. The van der Waals surface area contributed by atoms with Crippen molar-refractivity contribution >= 4 is 29.4 Å². The van der Waals surface area contributed by atoms with Gasteiger partial charge in [0, 0.05) is 4.90 Å². The second-order valence-electron chi connectivity index (χ2n) is 4.04. The molecule has 0 saturated carbocycles. The van der Waals surface area contributed by atoms with Crippen molar-refractivity contribution in [3.8, 4) is 0 Å². The Morgan fingerprint density at radius 3 is 2.53 bits per heavy atom. The Bertz CT molecular complexity index is 563. The molecule has 0 amide bonds. The Morgan fingerprint density at radius 1 is 1.18 bits per heavy atom. The summed E-state index contributed by atoms with van der Waals surface area (Å²) in [5.41, 5.74) is 0.969. The number of ether oxygens (including phenoxy) is 1. The fraction of sp³-hybridized carbons (Fsp3) is 0.214. The summed E-state index contributed by atoms with van der Waals surface area (Å²) in [7, 11) is 1.41. The van der Waals surface area contributed by atoms with Crippen LogP contribution in [0, 0.1) is 0 Å². The fourth-order valence-electron chi connectivity index (χ4n) is 1.83. The minimum Gasteiger partial charge on any atom is -0.469 e.